The highest BCUT2D eigenvalue weighted by Crippen LogP contribution is 2.43. The fraction of sp³-hybridized carbons (Fsp3) is 0.320. The highest BCUT2D eigenvalue weighted by molar-refractivity contribution is 8.03. The molecule has 0 N–H and O–H groups in total. The summed E-state index contributed by atoms with van der Waals surface area (Å²) in [5, 5.41) is 2.35. The molecule has 2 heterocycles. The molecule has 0 radical (unpaired) electrons. The van der Waals surface area contributed by atoms with Crippen LogP contribution < -0.4 is 0 Å². The number of ether oxygens (including phenoxy) is 1. The van der Waals surface area contributed by atoms with Crippen LogP contribution in [0.4, 0.5) is 9.18 Å². The van der Waals surface area contributed by atoms with E-state index < -0.39 is 5.60 Å². The number of carbonyl (C=O) groups excluding carboxylic acids is 1. The molecule has 2 aliphatic heterocycles. The van der Waals surface area contributed by atoms with Crippen molar-refractivity contribution in [2.24, 2.45) is 0 Å². The van der Waals surface area contributed by atoms with Gasteiger partial charge in [-0.25, -0.2) is 9.18 Å². The first-order valence-corrected chi connectivity index (χ1v) is 11.2. The lowest BCUT2D eigenvalue weighted by Gasteiger charge is -2.45. The van der Waals surface area contributed by atoms with Crippen LogP contribution in [0.25, 0.3) is 11.1 Å². The molecular formula is C25H26FNO2S. The third-order valence-corrected chi connectivity index (χ3v) is 7.41. The van der Waals surface area contributed by atoms with Crippen molar-refractivity contribution in [2.45, 2.75) is 43.1 Å². The quantitative estimate of drug-likeness (QED) is 0.483. The molecule has 0 saturated carbocycles. The van der Waals surface area contributed by atoms with E-state index in [2.05, 4.69) is 18.1 Å². The third-order valence-electron chi connectivity index (χ3n) is 6.10. The number of hydrogen-bond donors (Lipinski definition) is 0. The van der Waals surface area contributed by atoms with Gasteiger partial charge in [-0.05, 0) is 47.6 Å². The fourth-order valence-electron chi connectivity index (χ4n) is 4.28. The van der Waals surface area contributed by atoms with Crippen LogP contribution in [0.15, 0.2) is 72.7 Å². The van der Waals surface area contributed by atoms with Gasteiger partial charge in [-0.15, -0.1) is 18.3 Å². The normalized spacial score (nSPS) is 24.5. The average Bonchev–Trinajstić information content (AvgIpc) is 3.30. The number of thioether (sulfide) groups is 1. The Hall–Kier alpha value is -2.53. The maximum Gasteiger partial charge on any atom is 0.410 e. The van der Waals surface area contributed by atoms with E-state index in [-0.39, 0.29) is 23.2 Å². The fourth-order valence-corrected chi connectivity index (χ4v) is 5.43. The summed E-state index contributed by atoms with van der Waals surface area (Å²) in [5.74, 6) is -0.244. The molecule has 3 nitrogen and oxygen atoms in total. The van der Waals surface area contributed by atoms with Crippen LogP contribution in [-0.4, -0.2) is 28.4 Å². The van der Waals surface area contributed by atoms with Crippen molar-refractivity contribution < 1.29 is 13.9 Å². The van der Waals surface area contributed by atoms with Gasteiger partial charge in [0.25, 0.3) is 0 Å². The zero-order chi connectivity index (χ0) is 21.1. The summed E-state index contributed by atoms with van der Waals surface area (Å²) in [6.07, 6.45) is 6.14. The Kier molecular flexibility index (Phi) is 6.00. The zero-order valence-electron chi connectivity index (χ0n) is 17.1. The van der Waals surface area contributed by atoms with Gasteiger partial charge in [0.1, 0.15) is 11.4 Å². The maximum absolute atomic E-state index is 13.2. The molecule has 5 heteroatoms. The van der Waals surface area contributed by atoms with Crippen molar-refractivity contribution in [1.29, 1.82) is 0 Å². The van der Waals surface area contributed by atoms with Crippen molar-refractivity contribution in [1.82, 2.24) is 4.90 Å². The van der Waals surface area contributed by atoms with Crippen LogP contribution in [-0.2, 0) is 4.74 Å². The van der Waals surface area contributed by atoms with Crippen LogP contribution in [0.1, 0.15) is 37.8 Å². The second-order valence-electron chi connectivity index (χ2n) is 7.91. The average molecular weight is 424 g/mol. The molecule has 0 aromatic heterocycles. The number of allylic oxidation sites excluding steroid dienone is 1. The highest BCUT2D eigenvalue weighted by Gasteiger charge is 2.47. The highest BCUT2D eigenvalue weighted by atomic mass is 32.2. The molecular weight excluding hydrogens is 397 g/mol. The van der Waals surface area contributed by atoms with Crippen LogP contribution in [0, 0.1) is 5.82 Å². The Morgan fingerprint density at radius 1 is 1.23 bits per heavy atom. The molecule has 1 fully saturated rings. The smallest absolute Gasteiger partial charge is 0.410 e. The van der Waals surface area contributed by atoms with Crippen LogP contribution in [0.3, 0.4) is 0 Å². The number of cyclic esters (lactones) is 1. The zero-order valence-corrected chi connectivity index (χ0v) is 17.9. The molecule has 30 heavy (non-hydrogen) atoms. The number of rotatable bonds is 6. The van der Waals surface area contributed by atoms with E-state index in [4.69, 9.17) is 4.74 Å². The second kappa shape index (κ2) is 8.68. The van der Waals surface area contributed by atoms with Crippen LogP contribution in [0.2, 0.25) is 0 Å². The van der Waals surface area contributed by atoms with E-state index in [0.29, 0.717) is 13.0 Å². The van der Waals surface area contributed by atoms with Crippen molar-refractivity contribution in [3.8, 4) is 11.1 Å². The minimum atomic E-state index is -0.477. The molecule has 156 valence electrons. The van der Waals surface area contributed by atoms with Gasteiger partial charge < -0.3 is 9.64 Å². The first kappa shape index (κ1) is 20.7. The molecule has 0 spiro atoms. The molecule has 2 aromatic rings. The first-order chi connectivity index (χ1) is 14.5. The monoisotopic (exact) mass is 423 g/mol. The molecule has 2 aliphatic rings. The van der Waals surface area contributed by atoms with E-state index >= 15 is 0 Å². The van der Waals surface area contributed by atoms with Gasteiger partial charge in [0.05, 0.1) is 11.3 Å². The lowest BCUT2D eigenvalue weighted by atomic mass is 9.87. The van der Waals surface area contributed by atoms with Gasteiger partial charge in [-0.2, -0.15) is 0 Å². The SMILES string of the molecule is C=CC[C@]1(C2CC=CS2)CCN([C@@H](C)c2ccc(-c3ccc(F)cc3)cc2)C(=O)O1. The molecule has 0 bridgehead atoms. The van der Waals surface area contributed by atoms with Gasteiger partial charge in [0.15, 0.2) is 0 Å². The summed E-state index contributed by atoms with van der Waals surface area (Å²) in [4.78, 5) is 14.8. The predicted octanol–water partition coefficient (Wildman–Crippen LogP) is 6.73. The summed E-state index contributed by atoms with van der Waals surface area (Å²) >= 11 is 1.75. The summed E-state index contributed by atoms with van der Waals surface area (Å²) in [6, 6.07) is 14.4. The van der Waals surface area contributed by atoms with Gasteiger partial charge in [0.2, 0.25) is 0 Å². The number of benzene rings is 2. The lowest BCUT2D eigenvalue weighted by Crippen LogP contribution is -2.54. The first-order valence-electron chi connectivity index (χ1n) is 10.3. The topological polar surface area (TPSA) is 29.5 Å². The van der Waals surface area contributed by atoms with E-state index in [9.17, 15) is 9.18 Å². The maximum atomic E-state index is 13.2. The Morgan fingerprint density at radius 3 is 2.47 bits per heavy atom. The molecule has 1 amide bonds. The summed E-state index contributed by atoms with van der Waals surface area (Å²) in [6.45, 7) is 6.57. The summed E-state index contributed by atoms with van der Waals surface area (Å²) < 4.78 is 19.2. The van der Waals surface area contributed by atoms with Gasteiger partial charge in [-0.1, -0.05) is 48.6 Å². The van der Waals surface area contributed by atoms with Crippen LogP contribution in [0.5, 0.6) is 0 Å². The lowest BCUT2D eigenvalue weighted by molar-refractivity contribution is -0.0545. The third kappa shape index (κ3) is 4.04. The minimum Gasteiger partial charge on any atom is -0.441 e. The Balaban J connectivity index is 1.47. The summed E-state index contributed by atoms with van der Waals surface area (Å²) in [5.41, 5.74) is 2.55. The van der Waals surface area contributed by atoms with Crippen molar-refractivity contribution in [3.63, 3.8) is 0 Å². The number of hydrogen-bond acceptors (Lipinski definition) is 3. The Morgan fingerprint density at radius 2 is 1.90 bits per heavy atom. The molecule has 4 rings (SSSR count). The number of carbonyl (C=O) groups is 1. The number of halogens is 1. The van der Waals surface area contributed by atoms with E-state index in [1.54, 1.807) is 28.8 Å². The van der Waals surface area contributed by atoms with E-state index in [0.717, 1.165) is 29.5 Å². The van der Waals surface area contributed by atoms with Gasteiger partial charge in [-0.3, -0.25) is 0 Å². The Labute approximate surface area is 181 Å². The van der Waals surface area contributed by atoms with Crippen molar-refractivity contribution in [2.75, 3.05) is 6.54 Å². The number of nitrogens with zero attached hydrogens (tertiary/aromatic N) is 1. The number of amides is 1. The Bertz CT molecular complexity index is 933. The van der Waals surface area contributed by atoms with E-state index in [1.807, 2.05) is 37.3 Å². The molecule has 0 aliphatic carbocycles. The van der Waals surface area contributed by atoms with Crippen molar-refractivity contribution >= 4 is 17.9 Å². The van der Waals surface area contributed by atoms with Crippen molar-refractivity contribution in [3.05, 3.63) is 84.1 Å². The minimum absolute atomic E-state index is 0.0872. The standard InChI is InChI=1S/C25H26FNO2S/c1-3-14-25(23-5-4-17-30-23)15-16-27(24(28)29-25)18(2)19-6-8-20(9-7-19)21-10-12-22(26)13-11-21/h3-4,6-13,17-18,23H,1,5,14-16H2,2H3/t18-,23?,25+/m0/s1. The van der Waals surface area contributed by atoms with Crippen LogP contribution >= 0.6 is 11.8 Å². The largest absolute Gasteiger partial charge is 0.441 e. The molecule has 3 atom stereocenters. The predicted molar refractivity (Wildman–Crippen MR) is 121 cm³/mol. The van der Waals surface area contributed by atoms with E-state index in [1.165, 1.54) is 12.1 Å². The molecule has 1 saturated heterocycles. The van der Waals surface area contributed by atoms with Gasteiger partial charge in [0, 0.05) is 19.4 Å². The second-order valence-corrected chi connectivity index (χ2v) is 9.02. The molecule has 2 aromatic carbocycles. The van der Waals surface area contributed by atoms with Gasteiger partial charge >= 0.3 is 6.09 Å². The molecule has 1 unspecified atom stereocenters. The summed E-state index contributed by atoms with van der Waals surface area (Å²) in [7, 11) is 0.